The summed E-state index contributed by atoms with van der Waals surface area (Å²) >= 11 is 1.74. The molecular weight excluding hydrogens is 935 g/mol. The van der Waals surface area contributed by atoms with Crippen LogP contribution in [0.15, 0.2) is 146 Å². The molecule has 2 aliphatic rings. The van der Waals surface area contributed by atoms with E-state index in [-0.39, 0.29) is 30.2 Å². The maximum absolute atomic E-state index is 2.48. The van der Waals surface area contributed by atoms with Gasteiger partial charge in [0.15, 0.2) is 0 Å². The van der Waals surface area contributed by atoms with Gasteiger partial charge in [-0.15, -0.1) is 44.8 Å². The maximum atomic E-state index is 2.48. The van der Waals surface area contributed by atoms with Crippen molar-refractivity contribution in [2.75, 3.05) is 0 Å². The van der Waals surface area contributed by atoms with Gasteiger partial charge in [0.05, 0.1) is 0 Å². The van der Waals surface area contributed by atoms with E-state index in [9.17, 15) is 0 Å². The molecule has 2 saturated carbocycles. The van der Waals surface area contributed by atoms with Gasteiger partial charge in [0.2, 0.25) is 0 Å². The summed E-state index contributed by atoms with van der Waals surface area (Å²) in [6.45, 7) is 13.2. The zero-order chi connectivity index (χ0) is 44.6. The van der Waals surface area contributed by atoms with E-state index in [1.54, 1.807) is 23.3 Å². The first kappa shape index (κ1) is 51.6. The molecule has 8 aromatic rings. The van der Waals surface area contributed by atoms with Crippen LogP contribution in [-0.2, 0) is 36.2 Å². The third-order valence-electron chi connectivity index (χ3n) is 13.8. The number of hydrogen-bond acceptors (Lipinski definition) is 0. The Kier molecular flexibility index (Phi) is 19.1. The molecule has 0 amide bonds. The predicted molar refractivity (Wildman–Crippen MR) is 278 cm³/mol. The van der Waals surface area contributed by atoms with Crippen LogP contribution in [0.5, 0.6) is 0 Å². The first-order valence-corrected chi connectivity index (χ1v) is 30.5. The molecule has 340 valence electrons. The van der Waals surface area contributed by atoms with Gasteiger partial charge >= 0.3 is 41.9 Å². The monoisotopic (exact) mass is 1000 g/mol. The van der Waals surface area contributed by atoms with Crippen LogP contribution in [0.25, 0.3) is 66.1 Å². The Morgan fingerprint density at radius 2 is 0.667 bits per heavy atom. The van der Waals surface area contributed by atoms with E-state index >= 15 is 0 Å². The molecule has 10 rings (SSSR count). The minimum absolute atomic E-state index is 0. The van der Waals surface area contributed by atoms with Crippen molar-refractivity contribution in [1.29, 1.82) is 0 Å². The van der Waals surface area contributed by atoms with Gasteiger partial charge in [0.1, 0.15) is 0 Å². The van der Waals surface area contributed by atoms with Crippen LogP contribution in [0.2, 0.25) is 13.1 Å². The van der Waals surface area contributed by atoms with Gasteiger partial charge in [-0.2, -0.15) is 12.1 Å². The number of rotatable bonds is 8. The molecule has 66 heavy (non-hydrogen) atoms. The Balaban J connectivity index is 0.000000196. The maximum Gasteiger partial charge on any atom is -0.0279 e. The molecule has 2 aliphatic carbocycles. The minimum atomic E-state index is 0. The van der Waals surface area contributed by atoms with Gasteiger partial charge in [-0.05, 0) is 63.5 Å². The van der Waals surface area contributed by atoms with E-state index < -0.39 is 0 Å². The molecule has 0 aliphatic heterocycles. The molecule has 0 atom stereocenters. The molecule has 0 aromatic heterocycles. The van der Waals surface area contributed by atoms with Crippen molar-refractivity contribution >= 4 is 27.0 Å². The van der Waals surface area contributed by atoms with Gasteiger partial charge in [-0.25, -0.2) is 0 Å². The van der Waals surface area contributed by atoms with Crippen molar-refractivity contribution in [2.45, 2.75) is 118 Å². The Morgan fingerprint density at radius 1 is 0.409 bits per heavy atom. The SMILES string of the molecule is C[Si](C)=[Zr+2].Cc1ccc(-c2ccc(-c3ccc(C)cc3)c3[cH-]c(CC4CCCCC4)cc23)cc1.Cc1ccc(-c2ccc(-c3ccc(C)cc3)c3[cH-]c(CC4CCCCC4)cc23)cc1.[Cl-].[Cl-]. The molecule has 0 radical (unpaired) electrons. The van der Waals surface area contributed by atoms with E-state index in [0.717, 1.165) is 11.8 Å². The Morgan fingerprint density at radius 3 is 0.955 bits per heavy atom. The van der Waals surface area contributed by atoms with Crippen LogP contribution in [0.4, 0.5) is 0 Å². The average Bonchev–Trinajstić information content (AvgIpc) is 3.92. The van der Waals surface area contributed by atoms with Crippen molar-refractivity contribution in [3.63, 3.8) is 0 Å². The first-order chi connectivity index (χ1) is 31.1. The summed E-state index contributed by atoms with van der Waals surface area (Å²) in [5.74, 6) is 1.72. The summed E-state index contributed by atoms with van der Waals surface area (Å²) in [5, 5.41) is 5.62. The molecule has 0 spiro atoms. The van der Waals surface area contributed by atoms with Gasteiger partial charge in [-0.3, -0.25) is 0 Å². The Bertz CT molecular complexity index is 2420. The summed E-state index contributed by atoms with van der Waals surface area (Å²) in [5.41, 5.74) is 19.2. The van der Waals surface area contributed by atoms with Crippen molar-refractivity contribution in [1.82, 2.24) is 0 Å². The number of aryl methyl sites for hydroxylation is 4. The first-order valence-electron chi connectivity index (χ1n) is 24.3. The molecule has 2 fully saturated rings. The largest absolute Gasteiger partial charge is 1.00 e. The van der Waals surface area contributed by atoms with E-state index in [0.29, 0.717) is 0 Å². The predicted octanol–water partition coefficient (Wildman–Crippen LogP) is 12.1. The Labute approximate surface area is 425 Å². The topological polar surface area (TPSA) is 0 Å². The van der Waals surface area contributed by atoms with Crippen LogP contribution in [0.3, 0.4) is 0 Å². The molecular formula is C62H68Cl2SiZr-2. The second-order valence-corrected chi connectivity index (χ2v) is 29.0. The molecule has 0 nitrogen and oxygen atoms in total. The van der Waals surface area contributed by atoms with Crippen molar-refractivity contribution in [3.05, 3.63) is 179 Å². The molecule has 0 saturated heterocycles. The quantitative estimate of drug-likeness (QED) is 0.105. The normalized spacial score (nSPS) is 14.1. The molecule has 8 aromatic carbocycles. The fourth-order valence-corrected chi connectivity index (χ4v) is 10.3. The second kappa shape index (κ2) is 24.5. The summed E-state index contributed by atoms with van der Waals surface area (Å²) in [6.07, 6.45) is 16.6. The van der Waals surface area contributed by atoms with E-state index in [1.165, 1.54) is 176 Å². The second-order valence-electron chi connectivity index (χ2n) is 19.6. The summed E-state index contributed by atoms with van der Waals surface area (Å²) in [4.78, 5) is 0. The van der Waals surface area contributed by atoms with Gasteiger partial charge in [-0.1, -0.05) is 241 Å². The molecule has 0 bridgehead atoms. The average molecular weight is 1000 g/mol. The number of fused-ring (bicyclic) bond motifs is 2. The van der Waals surface area contributed by atoms with Crippen LogP contribution in [0.1, 0.15) is 97.6 Å². The standard InChI is InChI=1S/2C30H31.C2H6Si.2ClH.Zr/c2*1-21-8-12-25(13-9-21)27-16-17-28(26-14-10-22(2)11-15-26)30-20-24(19-29(27)30)18-23-6-4-3-5-7-23;1-3-2;;;/h2*8-17,19-20,23H,3-7,18H2,1-2H3;1-2H3;2*1H;/q2*-1;;;;+2/p-2. The van der Waals surface area contributed by atoms with E-state index in [4.69, 9.17) is 0 Å². The molecule has 0 heterocycles. The smallest absolute Gasteiger partial charge is 0.0279 e. The molecule has 0 N–H and O–H groups in total. The van der Waals surface area contributed by atoms with Crippen LogP contribution in [-0.4, -0.2) is 5.43 Å². The van der Waals surface area contributed by atoms with E-state index in [2.05, 4.69) is 186 Å². The number of benzene rings is 6. The molecule has 0 unspecified atom stereocenters. The summed E-state index contributed by atoms with van der Waals surface area (Å²) < 4.78 is 0. The van der Waals surface area contributed by atoms with Gasteiger partial charge < -0.3 is 24.8 Å². The number of halogens is 2. The Hall–Kier alpha value is -3.78. The van der Waals surface area contributed by atoms with Gasteiger partial charge in [0.25, 0.3) is 0 Å². The van der Waals surface area contributed by atoms with Crippen molar-refractivity contribution < 1.29 is 48.1 Å². The fraction of sp³-hybridized carbons (Fsp3) is 0.323. The molecule has 4 heteroatoms. The number of hydrogen-bond donors (Lipinski definition) is 0. The van der Waals surface area contributed by atoms with Crippen LogP contribution >= 0.6 is 0 Å². The van der Waals surface area contributed by atoms with Crippen LogP contribution in [0, 0.1) is 39.5 Å². The zero-order valence-electron chi connectivity index (χ0n) is 40.3. The zero-order valence-corrected chi connectivity index (χ0v) is 45.2. The minimum Gasteiger partial charge on any atom is -1.00 e. The summed E-state index contributed by atoms with van der Waals surface area (Å²) in [6, 6.07) is 55.2. The van der Waals surface area contributed by atoms with Crippen LogP contribution < -0.4 is 24.8 Å². The summed E-state index contributed by atoms with van der Waals surface area (Å²) in [7, 11) is 0. The third kappa shape index (κ3) is 13.3. The third-order valence-corrected chi connectivity index (χ3v) is 13.8. The fourth-order valence-electron chi connectivity index (χ4n) is 10.3. The van der Waals surface area contributed by atoms with Gasteiger partial charge in [0, 0.05) is 0 Å². The van der Waals surface area contributed by atoms with Crippen molar-refractivity contribution in [2.24, 2.45) is 11.8 Å². The van der Waals surface area contributed by atoms with E-state index in [1.807, 2.05) is 0 Å². The van der Waals surface area contributed by atoms with Crippen molar-refractivity contribution in [3.8, 4) is 44.5 Å².